The molecule has 1 aromatic heterocycles. The van der Waals surface area contributed by atoms with E-state index in [2.05, 4.69) is 44.3 Å². The molecule has 0 bridgehead atoms. The highest BCUT2D eigenvalue weighted by Crippen LogP contribution is 2.13. The van der Waals surface area contributed by atoms with E-state index in [9.17, 15) is 0 Å². The van der Waals surface area contributed by atoms with E-state index in [0.717, 1.165) is 19.4 Å². The number of rotatable bonds is 6. The molecule has 0 spiro atoms. The summed E-state index contributed by atoms with van der Waals surface area (Å²) in [6.07, 6.45) is 5.83. The highest BCUT2D eigenvalue weighted by molar-refractivity contribution is 5.05. The first kappa shape index (κ1) is 14.2. The van der Waals surface area contributed by atoms with Gasteiger partial charge < -0.3 is 10.4 Å². The van der Waals surface area contributed by atoms with Crippen LogP contribution in [0.2, 0.25) is 0 Å². The van der Waals surface area contributed by atoms with Gasteiger partial charge in [-0.2, -0.15) is 5.10 Å². The molecule has 2 N–H and O–H groups in total. The summed E-state index contributed by atoms with van der Waals surface area (Å²) in [5.41, 5.74) is 1.23. The van der Waals surface area contributed by atoms with Crippen LogP contribution in [0, 0.1) is 0 Å². The minimum atomic E-state index is 0.0352. The Labute approximate surface area is 104 Å². The SMILES string of the molecule is CCC(CCO)NCc1cnn(C(C)(C)C)c1. The summed E-state index contributed by atoms with van der Waals surface area (Å²) in [6, 6.07) is 0.387. The van der Waals surface area contributed by atoms with E-state index in [4.69, 9.17) is 5.11 Å². The van der Waals surface area contributed by atoms with E-state index in [-0.39, 0.29) is 12.1 Å². The second-order valence-corrected chi connectivity index (χ2v) is 5.46. The fourth-order valence-corrected chi connectivity index (χ4v) is 1.69. The molecule has 4 heteroatoms. The summed E-state index contributed by atoms with van der Waals surface area (Å²) < 4.78 is 1.98. The predicted molar refractivity (Wildman–Crippen MR) is 69.8 cm³/mol. The van der Waals surface area contributed by atoms with Crippen LogP contribution < -0.4 is 5.32 Å². The van der Waals surface area contributed by atoms with Crippen LogP contribution in [0.5, 0.6) is 0 Å². The van der Waals surface area contributed by atoms with E-state index >= 15 is 0 Å². The quantitative estimate of drug-likeness (QED) is 0.797. The average Bonchev–Trinajstić information content (AvgIpc) is 2.72. The summed E-state index contributed by atoms with van der Waals surface area (Å²) in [6.45, 7) is 9.60. The average molecular weight is 239 g/mol. The molecule has 4 nitrogen and oxygen atoms in total. The number of aromatic nitrogens is 2. The predicted octanol–water partition coefficient (Wildman–Crippen LogP) is 1.89. The zero-order valence-electron chi connectivity index (χ0n) is 11.4. The maximum absolute atomic E-state index is 8.92. The number of nitrogens with zero attached hydrogens (tertiary/aromatic N) is 2. The lowest BCUT2D eigenvalue weighted by Crippen LogP contribution is -2.28. The summed E-state index contributed by atoms with van der Waals surface area (Å²) in [7, 11) is 0. The molecule has 0 aliphatic heterocycles. The van der Waals surface area contributed by atoms with Gasteiger partial charge in [0.2, 0.25) is 0 Å². The first-order chi connectivity index (χ1) is 7.97. The lowest BCUT2D eigenvalue weighted by atomic mass is 10.1. The molecule has 0 saturated carbocycles. The molecule has 1 rings (SSSR count). The van der Waals surface area contributed by atoms with Gasteiger partial charge in [0.05, 0.1) is 11.7 Å². The lowest BCUT2D eigenvalue weighted by Gasteiger charge is -2.19. The molecule has 0 fully saturated rings. The maximum Gasteiger partial charge on any atom is 0.0543 e. The Morgan fingerprint density at radius 2 is 2.18 bits per heavy atom. The number of aliphatic hydroxyl groups excluding tert-OH is 1. The largest absolute Gasteiger partial charge is 0.396 e. The van der Waals surface area contributed by atoms with Crippen molar-refractivity contribution in [2.24, 2.45) is 0 Å². The molecule has 0 aliphatic rings. The molecule has 98 valence electrons. The van der Waals surface area contributed by atoms with Gasteiger partial charge in [0.15, 0.2) is 0 Å². The van der Waals surface area contributed by atoms with Gasteiger partial charge in [-0.1, -0.05) is 6.92 Å². The molecule has 0 saturated heterocycles. The van der Waals surface area contributed by atoms with Gasteiger partial charge in [0.1, 0.15) is 0 Å². The molecular formula is C13H25N3O. The van der Waals surface area contributed by atoms with Gasteiger partial charge in [-0.3, -0.25) is 4.68 Å². The molecule has 1 heterocycles. The van der Waals surface area contributed by atoms with Crippen molar-refractivity contribution in [3.05, 3.63) is 18.0 Å². The number of hydrogen-bond donors (Lipinski definition) is 2. The Bertz CT molecular complexity index is 328. The highest BCUT2D eigenvalue weighted by Gasteiger charge is 2.14. The Morgan fingerprint density at radius 1 is 1.47 bits per heavy atom. The maximum atomic E-state index is 8.92. The van der Waals surface area contributed by atoms with Gasteiger partial charge in [-0.15, -0.1) is 0 Å². The van der Waals surface area contributed by atoms with Crippen LogP contribution in [0.3, 0.4) is 0 Å². The number of hydrogen-bond acceptors (Lipinski definition) is 3. The Hall–Kier alpha value is -0.870. The summed E-state index contributed by atoms with van der Waals surface area (Å²) in [5, 5.41) is 16.7. The molecule has 0 aliphatic carbocycles. The van der Waals surface area contributed by atoms with Crippen molar-refractivity contribution in [2.45, 2.75) is 58.7 Å². The van der Waals surface area contributed by atoms with Crippen LogP contribution in [0.25, 0.3) is 0 Å². The van der Waals surface area contributed by atoms with Crippen LogP contribution in [0.4, 0.5) is 0 Å². The molecule has 1 aromatic rings. The van der Waals surface area contributed by atoms with Gasteiger partial charge in [-0.25, -0.2) is 0 Å². The first-order valence-electron chi connectivity index (χ1n) is 6.35. The highest BCUT2D eigenvalue weighted by atomic mass is 16.3. The Morgan fingerprint density at radius 3 is 2.65 bits per heavy atom. The van der Waals surface area contributed by atoms with Crippen LogP contribution in [0.1, 0.15) is 46.1 Å². The standard InChI is InChI=1S/C13H25N3O/c1-5-12(6-7-17)14-8-11-9-15-16(10-11)13(2,3)4/h9-10,12,14,17H,5-8H2,1-4H3. The van der Waals surface area contributed by atoms with E-state index in [1.165, 1.54) is 5.56 Å². The molecule has 0 aromatic carbocycles. The molecule has 1 unspecified atom stereocenters. The third-order valence-electron chi connectivity index (χ3n) is 2.89. The molecule has 1 atom stereocenters. The van der Waals surface area contributed by atoms with Crippen LogP contribution in [-0.4, -0.2) is 27.5 Å². The summed E-state index contributed by atoms with van der Waals surface area (Å²) in [5.74, 6) is 0. The summed E-state index contributed by atoms with van der Waals surface area (Å²) >= 11 is 0. The third-order valence-corrected chi connectivity index (χ3v) is 2.89. The van der Waals surface area contributed by atoms with E-state index in [1.807, 2.05) is 10.9 Å². The van der Waals surface area contributed by atoms with Gasteiger partial charge in [0.25, 0.3) is 0 Å². The zero-order valence-corrected chi connectivity index (χ0v) is 11.4. The van der Waals surface area contributed by atoms with Crippen LogP contribution in [0.15, 0.2) is 12.4 Å². The molecule has 0 amide bonds. The van der Waals surface area contributed by atoms with Crippen molar-refractivity contribution >= 4 is 0 Å². The molecule has 17 heavy (non-hydrogen) atoms. The minimum Gasteiger partial charge on any atom is -0.396 e. The van der Waals surface area contributed by atoms with Crippen molar-refractivity contribution in [3.63, 3.8) is 0 Å². The van der Waals surface area contributed by atoms with Crippen molar-refractivity contribution in [2.75, 3.05) is 6.61 Å². The van der Waals surface area contributed by atoms with Crippen LogP contribution in [-0.2, 0) is 12.1 Å². The number of nitrogens with one attached hydrogen (secondary N) is 1. The fraction of sp³-hybridized carbons (Fsp3) is 0.769. The van der Waals surface area contributed by atoms with Gasteiger partial charge in [-0.05, 0) is 33.6 Å². The minimum absolute atomic E-state index is 0.0352. The normalized spacial score (nSPS) is 13.9. The zero-order chi connectivity index (χ0) is 12.9. The Balaban J connectivity index is 2.49. The first-order valence-corrected chi connectivity index (χ1v) is 6.35. The van der Waals surface area contributed by atoms with Gasteiger partial charge in [0, 0.05) is 31.0 Å². The smallest absolute Gasteiger partial charge is 0.0543 e. The van der Waals surface area contributed by atoms with E-state index in [1.54, 1.807) is 0 Å². The monoisotopic (exact) mass is 239 g/mol. The van der Waals surface area contributed by atoms with Crippen LogP contribution >= 0.6 is 0 Å². The topological polar surface area (TPSA) is 50.1 Å². The van der Waals surface area contributed by atoms with Crippen molar-refractivity contribution < 1.29 is 5.11 Å². The summed E-state index contributed by atoms with van der Waals surface area (Å²) in [4.78, 5) is 0. The van der Waals surface area contributed by atoms with Crippen molar-refractivity contribution in [1.82, 2.24) is 15.1 Å². The van der Waals surface area contributed by atoms with Crippen molar-refractivity contribution in [3.8, 4) is 0 Å². The second-order valence-electron chi connectivity index (χ2n) is 5.46. The third kappa shape index (κ3) is 4.48. The fourth-order valence-electron chi connectivity index (χ4n) is 1.69. The lowest BCUT2D eigenvalue weighted by molar-refractivity contribution is 0.262. The molecule has 0 radical (unpaired) electrons. The van der Waals surface area contributed by atoms with Gasteiger partial charge >= 0.3 is 0 Å². The van der Waals surface area contributed by atoms with Crippen molar-refractivity contribution in [1.29, 1.82) is 0 Å². The molecular weight excluding hydrogens is 214 g/mol. The number of aliphatic hydroxyl groups is 1. The van der Waals surface area contributed by atoms with E-state index in [0.29, 0.717) is 6.04 Å². The Kier molecular flexibility index (Phi) is 5.15. The van der Waals surface area contributed by atoms with E-state index < -0.39 is 0 Å². The second kappa shape index (κ2) is 6.17.